The average molecular weight is 402 g/mol. The molecular formula is C21H20ClNO5. The van der Waals surface area contributed by atoms with E-state index in [1.165, 1.54) is 0 Å². The van der Waals surface area contributed by atoms with Gasteiger partial charge in [0.05, 0.1) is 37.0 Å². The topological polar surface area (TPSA) is 61.1 Å². The van der Waals surface area contributed by atoms with E-state index >= 15 is 0 Å². The maximum Gasteiger partial charge on any atom is 0.339 e. The van der Waals surface area contributed by atoms with Gasteiger partial charge in [-0.2, -0.15) is 0 Å². The van der Waals surface area contributed by atoms with Crippen LogP contribution in [-0.4, -0.2) is 21.0 Å². The Kier molecular flexibility index (Phi) is 4.59. The van der Waals surface area contributed by atoms with E-state index in [2.05, 4.69) is 0 Å². The molecule has 0 unspecified atom stereocenters. The zero-order valence-corrected chi connectivity index (χ0v) is 16.8. The number of fused-ring (bicyclic) bond motifs is 3. The third kappa shape index (κ3) is 2.85. The highest BCUT2D eigenvalue weighted by molar-refractivity contribution is 6.32. The Balaban J connectivity index is 1.84. The molecule has 7 heteroatoms. The summed E-state index contributed by atoms with van der Waals surface area (Å²) in [6.45, 7) is 4.49. The lowest BCUT2D eigenvalue weighted by molar-refractivity contribution is 0.286. The molecule has 146 valence electrons. The van der Waals surface area contributed by atoms with E-state index in [1.54, 1.807) is 33.3 Å². The van der Waals surface area contributed by atoms with E-state index in [4.69, 9.17) is 30.2 Å². The van der Waals surface area contributed by atoms with Crippen LogP contribution in [0.25, 0.3) is 11.0 Å². The average Bonchev–Trinajstić information content (AvgIpc) is 2.71. The molecule has 1 aromatic heterocycles. The summed E-state index contributed by atoms with van der Waals surface area (Å²) in [4.78, 5) is 14.2. The van der Waals surface area contributed by atoms with Crippen LogP contribution >= 0.6 is 11.6 Å². The van der Waals surface area contributed by atoms with Gasteiger partial charge < -0.3 is 23.5 Å². The molecule has 0 radical (unpaired) electrons. The predicted octanol–water partition coefficient (Wildman–Crippen LogP) is 4.44. The molecule has 0 bridgehead atoms. The van der Waals surface area contributed by atoms with Crippen LogP contribution in [0.3, 0.4) is 0 Å². The van der Waals surface area contributed by atoms with Crippen LogP contribution < -0.4 is 24.7 Å². The van der Waals surface area contributed by atoms with Crippen LogP contribution in [0.1, 0.15) is 16.7 Å². The Morgan fingerprint density at radius 3 is 2.54 bits per heavy atom. The number of aryl methyl sites for hydroxylation is 1. The number of benzene rings is 2. The summed E-state index contributed by atoms with van der Waals surface area (Å²) in [7, 11) is 3.14. The SMILES string of the molecule is COc1cc(OC)c(N2COc3ccc4c(C)c(C)c(=O)oc4c3C2)cc1Cl. The van der Waals surface area contributed by atoms with Crippen molar-refractivity contribution >= 4 is 28.3 Å². The molecule has 3 aromatic rings. The lowest BCUT2D eigenvalue weighted by Crippen LogP contribution is -2.32. The molecule has 2 aromatic carbocycles. The van der Waals surface area contributed by atoms with E-state index in [0.717, 1.165) is 22.2 Å². The Hall–Kier alpha value is -2.86. The molecule has 0 atom stereocenters. The largest absolute Gasteiger partial charge is 0.495 e. The normalized spacial score (nSPS) is 13.2. The van der Waals surface area contributed by atoms with Crippen molar-refractivity contribution < 1.29 is 18.6 Å². The smallest absolute Gasteiger partial charge is 0.339 e. The molecule has 0 N–H and O–H groups in total. The van der Waals surface area contributed by atoms with Gasteiger partial charge in [-0.05, 0) is 37.6 Å². The van der Waals surface area contributed by atoms with Crippen molar-refractivity contribution in [2.75, 3.05) is 25.9 Å². The lowest BCUT2D eigenvalue weighted by atomic mass is 10.0. The van der Waals surface area contributed by atoms with Gasteiger partial charge in [-0.3, -0.25) is 0 Å². The first-order chi connectivity index (χ1) is 13.4. The van der Waals surface area contributed by atoms with Gasteiger partial charge in [0.1, 0.15) is 22.8 Å². The molecule has 0 amide bonds. The quantitative estimate of drug-likeness (QED) is 0.605. The molecule has 6 nitrogen and oxygen atoms in total. The molecule has 0 saturated carbocycles. The number of ether oxygens (including phenoxy) is 3. The van der Waals surface area contributed by atoms with Crippen molar-refractivity contribution in [2.45, 2.75) is 20.4 Å². The monoisotopic (exact) mass is 401 g/mol. The Morgan fingerprint density at radius 2 is 1.82 bits per heavy atom. The van der Waals surface area contributed by atoms with Crippen LogP contribution in [0.5, 0.6) is 17.2 Å². The second-order valence-corrected chi connectivity index (χ2v) is 7.10. The highest BCUT2D eigenvalue weighted by Crippen LogP contribution is 2.41. The van der Waals surface area contributed by atoms with Gasteiger partial charge in [0.25, 0.3) is 0 Å². The van der Waals surface area contributed by atoms with Crippen LogP contribution in [0.4, 0.5) is 5.69 Å². The predicted molar refractivity (Wildman–Crippen MR) is 108 cm³/mol. The van der Waals surface area contributed by atoms with E-state index in [1.807, 2.05) is 24.0 Å². The molecule has 0 saturated heterocycles. The van der Waals surface area contributed by atoms with Crippen molar-refractivity contribution in [1.29, 1.82) is 0 Å². The van der Waals surface area contributed by atoms with Crippen molar-refractivity contribution in [3.8, 4) is 17.2 Å². The molecule has 0 spiro atoms. The fraction of sp³-hybridized carbons (Fsp3) is 0.286. The molecule has 28 heavy (non-hydrogen) atoms. The van der Waals surface area contributed by atoms with Gasteiger partial charge in [0.2, 0.25) is 0 Å². The first-order valence-electron chi connectivity index (χ1n) is 8.79. The summed E-state index contributed by atoms with van der Waals surface area (Å²) in [5.74, 6) is 1.85. The molecule has 0 aliphatic carbocycles. The number of rotatable bonds is 3. The fourth-order valence-electron chi connectivity index (χ4n) is 3.46. The Morgan fingerprint density at radius 1 is 1.07 bits per heavy atom. The first kappa shape index (κ1) is 18.5. The van der Waals surface area contributed by atoms with Crippen LogP contribution in [-0.2, 0) is 6.54 Å². The molecule has 0 fully saturated rings. The third-order valence-electron chi connectivity index (χ3n) is 5.20. The maximum absolute atomic E-state index is 12.2. The minimum absolute atomic E-state index is 0.312. The number of nitrogens with zero attached hydrogens (tertiary/aromatic N) is 1. The van der Waals surface area contributed by atoms with E-state index in [9.17, 15) is 4.79 Å². The maximum atomic E-state index is 12.2. The van der Waals surface area contributed by atoms with Crippen LogP contribution in [0, 0.1) is 13.8 Å². The van der Waals surface area contributed by atoms with Gasteiger partial charge in [0.15, 0.2) is 6.73 Å². The molecule has 1 aliphatic heterocycles. The molecule has 4 rings (SSSR count). The highest BCUT2D eigenvalue weighted by atomic mass is 35.5. The number of methoxy groups -OCH3 is 2. The third-order valence-corrected chi connectivity index (χ3v) is 5.50. The van der Waals surface area contributed by atoms with Crippen molar-refractivity contribution in [2.24, 2.45) is 0 Å². The van der Waals surface area contributed by atoms with Gasteiger partial charge in [-0.15, -0.1) is 0 Å². The Labute approximate surface area is 167 Å². The van der Waals surface area contributed by atoms with Crippen molar-refractivity contribution in [3.63, 3.8) is 0 Å². The molecular weight excluding hydrogens is 382 g/mol. The van der Waals surface area contributed by atoms with Crippen LogP contribution in [0.2, 0.25) is 5.02 Å². The summed E-state index contributed by atoms with van der Waals surface area (Å²) >= 11 is 6.32. The summed E-state index contributed by atoms with van der Waals surface area (Å²) in [6.07, 6.45) is 0. The second kappa shape index (κ2) is 6.95. The second-order valence-electron chi connectivity index (χ2n) is 6.69. The fourth-order valence-corrected chi connectivity index (χ4v) is 3.70. The van der Waals surface area contributed by atoms with E-state index in [0.29, 0.717) is 46.7 Å². The van der Waals surface area contributed by atoms with E-state index in [-0.39, 0.29) is 5.63 Å². The van der Waals surface area contributed by atoms with E-state index < -0.39 is 0 Å². The van der Waals surface area contributed by atoms with Gasteiger partial charge in [0, 0.05) is 17.0 Å². The number of anilines is 1. The zero-order valence-electron chi connectivity index (χ0n) is 16.1. The zero-order chi connectivity index (χ0) is 20.0. The van der Waals surface area contributed by atoms with Gasteiger partial charge in [-0.25, -0.2) is 4.79 Å². The van der Waals surface area contributed by atoms with Gasteiger partial charge in [-0.1, -0.05) is 11.6 Å². The summed E-state index contributed by atoms with van der Waals surface area (Å²) in [6, 6.07) is 7.37. The van der Waals surface area contributed by atoms with Crippen molar-refractivity contribution in [1.82, 2.24) is 0 Å². The minimum Gasteiger partial charge on any atom is -0.495 e. The minimum atomic E-state index is -0.333. The number of halogens is 1. The van der Waals surface area contributed by atoms with Gasteiger partial charge >= 0.3 is 5.63 Å². The molecule has 2 heterocycles. The highest BCUT2D eigenvalue weighted by Gasteiger charge is 2.25. The van der Waals surface area contributed by atoms with Crippen LogP contribution in [0.15, 0.2) is 33.5 Å². The Bertz CT molecular complexity index is 1140. The number of hydrogen-bond acceptors (Lipinski definition) is 6. The first-order valence-corrected chi connectivity index (χ1v) is 9.17. The summed E-state index contributed by atoms with van der Waals surface area (Å²) in [5, 5.41) is 1.38. The summed E-state index contributed by atoms with van der Waals surface area (Å²) < 4.78 is 22.4. The number of hydrogen-bond donors (Lipinski definition) is 0. The lowest BCUT2D eigenvalue weighted by Gasteiger charge is -2.32. The van der Waals surface area contributed by atoms with Crippen molar-refractivity contribution in [3.05, 3.63) is 56.4 Å². The standard InChI is InChI=1S/C21H20ClNO5/c1-11-12(2)21(24)28-20-13(11)5-6-17-14(20)9-23(10-27-17)16-7-15(22)18(25-3)8-19(16)26-4/h5-8H,9-10H2,1-4H3. The molecule has 1 aliphatic rings. The summed E-state index contributed by atoms with van der Waals surface area (Å²) in [5.41, 5.74) is 3.33.